The molecule has 1 atom stereocenters. The summed E-state index contributed by atoms with van der Waals surface area (Å²) in [6.45, 7) is -8.57. The van der Waals surface area contributed by atoms with Gasteiger partial charge in [-0.1, -0.05) is 18.8 Å². The molecule has 0 spiro atoms. The lowest BCUT2D eigenvalue weighted by Crippen LogP contribution is -2.13. The summed E-state index contributed by atoms with van der Waals surface area (Å²) in [4.78, 5) is 13.1. The fraction of sp³-hybridized carbons (Fsp3) is 0.875. The molecule has 0 aliphatic rings. The van der Waals surface area contributed by atoms with Crippen LogP contribution in [0.1, 0.15) is 40.2 Å². The van der Waals surface area contributed by atoms with Crippen molar-refractivity contribution < 1.29 is 23.6 Å². The van der Waals surface area contributed by atoms with Gasteiger partial charge in [-0.2, -0.15) is 0 Å². The van der Waals surface area contributed by atoms with Gasteiger partial charge in [-0.3, -0.25) is 4.79 Å². The Morgan fingerprint density at radius 3 is 3.08 bits per heavy atom. The van der Waals surface area contributed by atoms with Gasteiger partial charge in [0.1, 0.15) is 0 Å². The Hall–Kier alpha value is -1.22. The number of carbonyl (C=O) groups is 1. The molecule has 5 nitrogen and oxygen atoms in total. The maximum atomic E-state index is 10.9. The SMILES string of the molecule is [2H]C([2H])([2H])C([2H])(C([2H])([2H])[2H])C([2H])([2H])[C@@]([2H])(CN=[N+]=[N-])CC(=O)O. The van der Waals surface area contributed by atoms with E-state index in [9.17, 15) is 4.79 Å². The molecule has 5 heteroatoms. The van der Waals surface area contributed by atoms with Gasteiger partial charge in [-0.05, 0) is 23.7 Å². The number of hydrogen-bond donors (Lipinski definition) is 1. The van der Waals surface area contributed by atoms with Crippen molar-refractivity contribution in [2.75, 3.05) is 6.54 Å². The van der Waals surface area contributed by atoms with E-state index >= 15 is 0 Å². The van der Waals surface area contributed by atoms with E-state index in [1.165, 1.54) is 0 Å². The molecule has 0 fully saturated rings. The van der Waals surface area contributed by atoms with Crippen LogP contribution in [0, 0.1) is 11.8 Å². The van der Waals surface area contributed by atoms with Gasteiger partial charge in [-0.25, -0.2) is 0 Å². The number of nitrogens with zero attached hydrogens (tertiary/aromatic N) is 3. The molecule has 0 unspecified atom stereocenters. The molecule has 0 saturated heterocycles. The van der Waals surface area contributed by atoms with Crippen LogP contribution in [0.2, 0.25) is 0 Å². The summed E-state index contributed by atoms with van der Waals surface area (Å²) in [5.74, 6) is -8.53. The standard InChI is InChI=1S/C8H15N3O2/c1-6(2)3-7(4-8(12)13)5-10-11-9/h6-7H,3-5H2,1-2H3,(H,12,13)/t7-/m1/s1/i1D3,2D3,3D2,6D,7D. The molecule has 1 N–H and O–H groups in total. The highest BCUT2D eigenvalue weighted by molar-refractivity contribution is 5.67. The third kappa shape index (κ3) is 7.15. The van der Waals surface area contributed by atoms with Crippen molar-refractivity contribution in [2.24, 2.45) is 16.9 Å². The minimum Gasteiger partial charge on any atom is -0.481 e. The first-order chi connectivity index (χ1) is 9.98. The fourth-order valence-corrected chi connectivity index (χ4v) is 0.616. The maximum Gasteiger partial charge on any atom is 0.303 e. The third-order valence-corrected chi connectivity index (χ3v) is 0.991. The van der Waals surface area contributed by atoms with E-state index in [4.69, 9.17) is 24.3 Å². The molecule has 0 aromatic rings. The van der Waals surface area contributed by atoms with E-state index < -0.39 is 50.8 Å². The highest BCUT2D eigenvalue weighted by Gasteiger charge is 2.13. The fourth-order valence-electron chi connectivity index (χ4n) is 0.616. The normalized spacial score (nSPS) is 29.8. The highest BCUT2D eigenvalue weighted by atomic mass is 16.4. The molecule has 0 radical (unpaired) electrons. The van der Waals surface area contributed by atoms with E-state index in [2.05, 4.69) is 10.0 Å². The van der Waals surface area contributed by atoms with Crippen molar-refractivity contribution in [2.45, 2.75) is 26.5 Å². The second-order valence-electron chi connectivity index (χ2n) is 2.06. The van der Waals surface area contributed by atoms with Crippen LogP contribution in [0.25, 0.3) is 10.4 Å². The lowest BCUT2D eigenvalue weighted by atomic mass is 9.94. The van der Waals surface area contributed by atoms with Crippen molar-refractivity contribution in [1.29, 1.82) is 0 Å². The Labute approximate surface area is 91.4 Å². The van der Waals surface area contributed by atoms with Crippen molar-refractivity contribution in [3.8, 4) is 0 Å². The number of carboxylic acids is 1. The Morgan fingerprint density at radius 2 is 2.62 bits per heavy atom. The molecule has 0 rings (SSSR count). The number of rotatable bonds is 6. The summed E-state index contributed by atoms with van der Waals surface area (Å²) in [6, 6.07) is 0. The average Bonchev–Trinajstić information content (AvgIpc) is 2.31. The van der Waals surface area contributed by atoms with E-state index in [-0.39, 0.29) is 0 Å². The summed E-state index contributed by atoms with van der Waals surface area (Å²) < 4.78 is 74.9. The summed E-state index contributed by atoms with van der Waals surface area (Å²) in [6.07, 6.45) is -5.03. The van der Waals surface area contributed by atoms with Gasteiger partial charge < -0.3 is 5.11 Å². The second kappa shape index (κ2) is 6.31. The number of hydrogen-bond acceptors (Lipinski definition) is 2. The maximum absolute atomic E-state index is 10.9. The first-order valence-corrected chi connectivity index (χ1v) is 3.20. The summed E-state index contributed by atoms with van der Waals surface area (Å²) >= 11 is 0. The number of azide groups is 1. The predicted octanol–water partition coefficient (Wildman–Crippen LogP) is 2.43. The topological polar surface area (TPSA) is 86.1 Å². The van der Waals surface area contributed by atoms with Crippen LogP contribution in [0.5, 0.6) is 0 Å². The molecule has 0 heterocycles. The van der Waals surface area contributed by atoms with E-state index in [0.717, 1.165) is 0 Å². The zero-order chi connectivity index (χ0) is 18.9. The largest absolute Gasteiger partial charge is 0.481 e. The Balaban J connectivity index is 6.49. The zero-order valence-electron chi connectivity index (χ0n) is 16.6. The van der Waals surface area contributed by atoms with Gasteiger partial charge in [0.25, 0.3) is 0 Å². The van der Waals surface area contributed by atoms with Gasteiger partial charge >= 0.3 is 5.97 Å². The van der Waals surface area contributed by atoms with Crippen LogP contribution in [-0.2, 0) is 4.79 Å². The second-order valence-corrected chi connectivity index (χ2v) is 2.06. The highest BCUT2D eigenvalue weighted by Crippen LogP contribution is 2.15. The van der Waals surface area contributed by atoms with Gasteiger partial charge in [0, 0.05) is 31.6 Å². The lowest BCUT2D eigenvalue weighted by Gasteiger charge is -2.13. The third-order valence-electron chi connectivity index (χ3n) is 0.991. The quantitative estimate of drug-likeness (QED) is 0.401. The Morgan fingerprint density at radius 1 is 1.92 bits per heavy atom. The van der Waals surface area contributed by atoms with Gasteiger partial charge in [0.2, 0.25) is 0 Å². The smallest absolute Gasteiger partial charge is 0.303 e. The van der Waals surface area contributed by atoms with Crippen LogP contribution < -0.4 is 0 Å². The minimum atomic E-state index is -3.81. The molecule has 0 bridgehead atoms. The van der Waals surface area contributed by atoms with Gasteiger partial charge in [0.05, 0.1) is 0 Å². The molecule has 0 aliphatic carbocycles. The molecule has 0 aromatic heterocycles. The van der Waals surface area contributed by atoms with Crippen molar-refractivity contribution in [1.82, 2.24) is 0 Å². The van der Waals surface area contributed by atoms with Crippen LogP contribution in [0.4, 0.5) is 0 Å². The molecule has 0 aliphatic heterocycles. The van der Waals surface area contributed by atoms with Crippen LogP contribution in [0.15, 0.2) is 5.11 Å². The predicted molar refractivity (Wildman–Crippen MR) is 49.2 cm³/mol. The molecule has 0 amide bonds. The van der Waals surface area contributed by atoms with Crippen LogP contribution >= 0.6 is 0 Å². The summed E-state index contributed by atoms with van der Waals surface area (Å²) in [5.41, 5.74) is 8.29. The van der Waals surface area contributed by atoms with Crippen LogP contribution in [-0.4, -0.2) is 17.6 Å². The molecule has 0 aromatic carbocycles. The summed E-state index contributed by atoms with van der Waals surface area (Å²) in [5, 5.41) is 11.7. The lowest BCUT2D eigenvalue weighted by molar-refractivity contribution is -0.138. The molecule has 74 valence electrons. The first-order valence-electron chi connectivity index (χ1n) is 8.20. The van der Waals surface area contributed by atoms with E-state index in [1.54, 1.807) is 0 Å². The Bertz CT molecular complexity index is 489. The van der Waals surface area contributed by atoms with E-state index in [0.29, 0.717) is 0 Å². The number of carboxylic acid groups (broad SMARTS) is 1. The molecule has 13 heavy (non-hydrogen) atoms. The molecule has 0 saturated carbocycles. The van der Waals surface area contributed by atoms with E-state index in [1.807, 2.05) is 0 Å². The Kier molecular flexibility index (Phi) is 1.54. The molecular formula is C8H15N3O2. The average molecular weight is 195 g/mol. The summed E-state index contributed by atoms with van der Waals surface area (Å²) in [7, 11) is 0. The number of aliphatic carboxylic acids is 1. The van der Waals surface area contributed by atoms with Gasteiger partial charge in [-0.15, -0.1) is 0 Å². The van der Waals surface area contributed by atoms with Crippen molar-refractivity contribution in [3.63, 3.8) is 0 Å². The van der Waals surface area contributed by atoms with Crippen LogP contribution in [0.3, 0.4) is 0 Å². The monoisotopic (exact) mass is 195 g/mol. The first kappa shape index (κ1) is 3.17. The molecular weight excluding hydrogens is 170 g/mol. The van der Waals surface area contributed by atoms with Crippen molar-refractivity contribution in [3.05, 3.63) is 10.4 Å². The zero-order valence-corrected chi connectivity index (χ0v) is 6.61. The minimum absolute atomic E-state index is 1.16. The van der Waals surface area contributed by atoms with Crippen molar-refractivity contribution >= 4 is 5.97 Å². The van der Waals surface area contributed by atoms with Gasteiger partial charge in [0.15, 0.2) is 0 Å².